The number of allylic oxidation sites excluding steroid dienone is 1. The number of aryl methyl sites for hydroxylation is 4. The first kappa shape index (κ1) is 41.7. The van der Waals surface area contributed by atoms with Gasteiger partial charge in [-0.1, -0.05) is 114 Å². The Bertz CT molecular complexity index is 1950. The lowest BCUT2D eigenvalue weighted by Gasteiger charge is -2.34. The quantitative estimate of drug-likeness (QED) is 0.108. The molecular formula is C49H60O3. The highest BCUT2D eigenvalue weighted by Gasteiger charge is 2.32. The molecule has 0 spiro atoms. The molecule has 4 aromatic carbocycles. The molecule has 3 nitrogen and oxygen atoms in total. The number of rotatable bonds is 11. The maximum absolute atomic E-state index is 10.5. The van der Waals surface area contributed by atoms with E-state index in [1.54, 1.807) is 12.1 Å². The molecule has 0 bridgehead atoms. The van der Waals surface area contributed by atoms with Crippen LogP contribution in [-0.4, -0.2) is 21.4 Å². The summed E-state index contributed by atoms with van der Waals surface area (Å²) in [4.78, 5) is 0. The summed E-state index contributed by atoms with van der Waals surface area (Å²) in [5, 5.41) is 30.3. The highest BCUT2D eigenvalue weighted by Crippen LogP contribution is 2.42. The first-order valence-electron chi connectivity index (χ1n) is 18.7. The summed E-state index contributed by atoms with van der Waals surface area (Å²) in [6.07, 6.45) is 11.3. The second-order valence-electron chi connectivity index (χ2n) is 14.9. The molecule has 1 atom stereocenters. The molecule has 4 rings (SSSR count). The first-order chi connectivity index (χ1) is 24.6. The standard InChI is InChI=1S/C28H36O2.C21H24O/c1-8-17-27(6,7)26(30)16-12-22-11-13-23(18-20(22)4)28(9-2,10-3)24-14-15-25(29)21(5)19-24;1-6-17-9-10-18(13-15(17)4)21(7-2,8-3)19-11-12-20(22)16(5)14-19/h8,11,13-15,18-19,26,29-30H,1,9-10,17H2,2-7H3;1,9-14,22H,7-8H2,2-5H3. The molecular weight excluding hydrogens is 637 g/mol. The SMILES string of the molecule is C#Cc1ccc(C(CC)(CC)c2ccc(O)c(C)c2)cc1C.C=CCC(C)(C)C(O)C#Cc1ccc(C(CC)(CC)c2ccc(O)c(C)c2)cc1C. The zero-order chi connectivity index (χ0) is 38.9. The van der Waals surface area contributed by atoms with Crippen molar-refractivity contribution in [1.82, 2.24) is 0 Å². The molecule has 0 aliphatic carbocycles. The van der Waals surface area contributed by atoms with Gasteiger partial charge in [-0.25, -0.2) is 0 Å². The second kappa shape index (κ2) is 17.7. The summed E-state index contributed by atoms with van der Waals surface area (Å²) < 4.78 is 0. The maximum atomic E-state index is 10.5. The molecule has 52 heavy (non-hydrogen) atoms. The van der Waals surface area contributed by atoms with Crippen molar-refractivity contribution in [3.8, 4) is 35.7 Å². The van der Waals surface area contributed by atoms with E-state index in [2.05, 4.69) is 108 Å². The Morgan fingerprint density at radius 1 is 0.635 bits per heavy atom. The van der Waals surface area contributed by atoms with Gasteiger partial charge in [0.05, 0.1) is 0 Å². The molecule has 0 fully saturated rings. The largest absolute Gasteiger partial charge is 0.508 e. The Labute approximate surface area is 314 Å². The van der Waals surface area contributed by atoms with E-state index in [9.17, 15) is 15.3 Å². The smallest absolute Gasteiger partial charge is 0.120 e. The number of hydrogen-bond donors (Lipinski definition) is 3. The fraction of sp³-hybridized carbons (Fsp3) is 0.388. The van der Waals surface area contributed by atoms with Gasteiger partial charge < -0.3 is 15.3 Å². The van der Waals surface area contributed by atoms with E-state index in [0.717, 1.165) is 59.1 Å². The Balaban J connectivity index is 0.000000294. The van der Waals surface area contributed by atoms with Crippen LogP contribution in [0.25, 0.3) is 0 Å². The van der Waals surface area contributed by atoms with E-state index < -0.39 is 6.10 Å². The van der Waals surface area contributed by atoms with Gasteiger partial charge in [-0.3, -0.25) is 0 Å². The number of phenols is 2. The minimum Gasteiger partial charge on any atom is -0.508 e. The fourth-order valence-electron chi connectivity index (χ4n) is 7.42. The average Bonchev–Trinajstić information content (AvgIpc) is 3.12. The molecule has 0 aliphatic rings. The summed E-state index contributed by atoms with van der Waals surface area (Å²) in [7, 11) is 0. The summed E-state index contributed by atoms with van der Waals surface area (Å²) in [6, 6.07) is 24.7. The molecule has 0 saturated heterocycles. The molecule has 0 aromatic heterocycles. The number of aliphatic hydroxyl groups excluding tert-OH is 1. The lowest BCUT2D eigenvalue weighted by Crippen LogP contribution is -2.27. The zero-order valence-corrected chi connectivity index (χ0v) is 33.2. The van der Waals surface area contributed by atoms with Crippen molar-refractivity contribution in [3.05, 3.63) is 141 Å². The monoisotopic (exact) mass is 696 g/mol. The van der Waals surface area contributed by atoms with Crippen molar-refractivity contribution in [2.24, 2.45) is 5.41 Å². The van der Waals surface area contributed by atoms with Crippen LogP contribution in [0.2, 0.25) is 0 Å². The summed E-state index contributed by atoms with van der Waals surface area (Å²) in [5.74, 6) is 9.62. The van der Waals surface area contributed by atoms with Crippen molar-refractivity contribution in [3.63, 3.8) is 0 Å². The van der Waals surface area contributed by atoms with Gasteiger partial charge in [0.1, 0.15) is 17.6 Å². The van der Waals surface area contributed by atoms with Gasteiger partial charge >= 0.3 is 0 Å². The van der Waals surface area contributed by atoms with Crippen molar-refractivity contribution in [2.45, 2.75) is 118 Å². The Morgan fingerprint density at radius 3 is 1.33 bits per heavy atom. The van der Waals surface area contributed by atoms with Crippen molar-refractivity contribution >= 4 is 0 Å². The van der Waals surface area contributed by atoms with Gasteiger partial charge in [0, 0.05) is 27.4 Å². The minimum atomic E-state index is -0.708. The van der Waals surface area contributed by atoms with Crippen LogP contribution >= 0.6 is 0 Å². The Kier molecular flexibility index (Phi) is 14.2. The number of benzene rings is 4. The van der Waals surface area contributed by atoms with E-state index in [1.165, 1.54) is 22.3 Å². The molecule has 0 radical (unpaired) electrons. The lowest BCUT2D eigenvalue weighted by molar-refractivity contribution is 0.101. The summed E-state index contributed by atoms with van der Waals surface area (Å²) in [6.45, 7) is 24.7. The number of phenolic OH excluding ortho intramolecular Hbond substituents is 2. The third kappa shape index (κ3) is 8.84. The van der Waals surface area contributed by atoms with Gasteiger partial charge in [-0.05, 0) is 129 Å². The van der Waals surface area contributed by atoms with Crippen LogP contribution in [0.4, 0.5) is 0 Å². The number of terminal acetylenes is 1. The third-order valence-corrected chi connectivity index (χ3v) is 11.4. The molecule has 0 heterocycles. The average molecular weight is 697 g/mol. The third-order valence-electron chi connectivity index (χ3n) is 11.4. The molecule has 0 saturated carbocycles. The predicted molar refractivity (Wildman–Crippen MR) is 220 cm³/mol. The molecule has 0 aliphatic heterocycles. The van der Waals surface area contributed by atoms with Crippen LogP contribution in [0.3, 0.4) is 0 Å². The topological polar surface area (TPSA) is 60.7 Å². The molecule has 274 valence electrons. The number of hydrogen-bond acceptors (Lipinski definition) is 3. The fourth-order valence-corrected chi connectivity index (χ4v) is 7.42. The predicted octanol–water partition coefficient (Wildman–Crippen LogP) is 11.5. The van der Waals surface area contributed by atoms with E-state index in [4.69, 9.17) is 6.42 Å². The highest BCUT2D eigenvalue weighted by molar-refractivity contribution is 5.51. The lowest BCUT2D eigenvalue weighted by atomic mass is 9.70. The van der Waals surface area contributed by atoms with E-state index in [0.29, 0.717) is 17.9 Å². The highest BCUT2D eigenvalue weighted by atomic mass is 16.3. The van der Waals surface area contributed by atoms with Crippen molar-refractivity contribution < 1.29 is 15.3 Å². The van der Waals surface area contributed by atoms with Crippen molar-refractivity contribution in [1.29, 1.82) is 0 Å². The van der Waals surface area contributed by atoms with Gasteiger partial charge in [-0.2, -0.15) is 0 Å². The van der Waals surface area contributed by atoms with Crippen LogP contribution in [-0.2, 0) is 10.8 Å². The van der Waals surface area contributed by atoms with Crippen molar-refractivity contribution in [2.75, 3.05) is 0 Å². The van der Waals surface area contributed by atoms with Gasteiger partial charge in [0.15, 0.2) is 0 Å². The van der Waals surface area contributed by atoms with Gasteiger partial charge in [0.25, 0.3) is 0 Å². The zero-order valence-electron chi connectivity index (χ0n) is 33.2. The van der Waals surface area contributed by atoms with Crippen LogP contribution in [0, 0.1) is 57.3 Å². The maximum Gasteiger partial charge on any atom is 0.120 e. The number of aliphatic hydroxyl groups is 1. The summed E-state index contributed by atoms with van der Waals surface area (Å²) >= 11 is 0. The Hall–Kier alpha value is -4.70. The van der Waals surface area contributed by atoms with Gasteiger partial charge in [-0.15, -0.1) is 13.0 Å². The normalized spacial score (nSPS) is 12.1. The van der Waals surface area contributed by atoms with E-state index in [-0.39, 0.29) is 16.2 Å². The van der Waals surface area contributed by atoms with Crippen LogP contribution in [0.5, 0.6) is 11.5 Å². The summed E-state index contributed by atoms with van der Waals surface area (Å²) in [5.41, 5.74) is 10.5. The minimum absolute atomic E-state index is 0.0453. The Morgan fingerprint density at radius 2 is 1.00 bits per heavy atom. The van der Waals surface area contributed by atoms with Crippen LogP contribution in [0.1, 0.15) is 129 Å². The molecule has 4 aromatic rings. The van der Waals surface area contributed by atoms with Crippen LogP contribution in [0.15, 0.2) is 85.5 Å². The molecule has 1 unspecified atom stereocenters. The van der Waals surface area contributed by atoms with Crippen LogP contribution < -0.4 is 0 Å². The van der Waals surface area contributed by atoms with Gasteiger partial charge in [0.2, 0.25) is 0 Å². The second-order valence-corrected chi connectivity index (χ2v) is 14.9. The molecule has 0 amide bonds. The van der Waals surface area contributed by atoms with E-state index in [1.807, 2.05) is 52.0 Å². The molecule has 3 N–H and O–H groups in total. The van der Waals surface area contributed by atoms with E-state index >= 15 is 0 Å². The first-order valence-corrected chi connectivity index (χ1v) is 18.7. The number of aromatic hydroxyl groups is 2. The molecule has 3 heteroatoms.